The number of halogens is 2. The normalized spacial score (nSPS) is 19.6. The molecule has 94 valence electrons. The zero-order chi connectivity index (χ0) is 12.7. The minimum atomic E-state index is -0.185. The lowest BCUT2D eigenvalue weighted by atomic mass is 10.2. The molecule has 0 bridgehead atoms. The average molecular weight is 284 g/mol. The van der Waals surface area contributed by atoms with Crippen molar-refractivity contribution in [3.05, 3.63) is 38.9 Å². The molecule has 1 fully saturated rings. The van der Waals surface area contributed by atoms with Crippen LogP contribution >= 0.6 is 23.2 Å². The number of rotatable bonds is 1. The van der Waals surface area contributed by atoms with E-state index in [1.807, 2.05) is 0 Å². The number of fused-ring (bicyclic) bond motifs is 1. The zero-order valence-corrected chi connectivity index (χ0v) is 11.0. The summed E-state index contributed by atoms with van der Waals surface area (Å²) >= 11 is 12.2. The van der Waals surface area contributed by atoms with Crippen LogP contribution in [0.5, 0.6) is 0 Å². The van der Waals surface area contributed by atoms with Crippen LogP contribution in [0.1, 0.15) is 19.0 Å². The number of nitrogens with one attached hydrogen (secondary N) is 1. The predicted molar refractivity (Wildman–Crippen MR) is 72.3 cm³/mol. The second-order valence-corrected chi connectivity index (χ2v) is 5.05. The smallest absolute Gasteiger partial charge is 0.265 e. The molecule has 0 amide bonds. The Morgan fingerprint density at radius 2 is 2.22 bits per heavy atom. The summed E-state index contributed by atoms with van der Waals surface area (Å²) in [4.78, 5) is 16.7. The van der Waals surface area contributed by atoms with E-state index in [2.05, 4.69) is 10.3 Å². The summed E-state index contributed by atoms with van der Waals surface area (Å²) in [7, 11) is 0. The van der Waals surface area contributed by atoms with E-state index in [4.69, 9.17) is 23.2 Å². The molecule has 1 aliphatic heterocycles. The molecule has 0 aliphatic carbocycles. The van der Waals surface area contributed by atoms with Gasteiger partial charge >= 0.3 is 0 Å². The quantitative estimate of drug-likeness (QED) is 0.819. The molecular formula is C12H11Cl2N3O. The van der Waals surface area contributed by atoms with Crippen LogP contribution in [-0.2, 0) is 0 Å². The van der Waals surface area contributed by atoms with Crippen LogP contribution in [0.2, 0.25) is 10.3 Å². The zero-order valence-electron chi connectivity index (χ0n) is 9.49. The number of benzene rings is 1. The Morgan fingerprint density at radius 1 is 1.39 bits per heavy atom. The number of aromatic nitrogens is 2. The second kappa shape index (κ2) is 4.53. The number of hydrogen-bond acceptors (Lipinski definition) is 3. The van der Waals surface area contributed by atoms with Crippen LogP contribution in [0.25, 0.3) is 10.9 Å². The van der Waals surface area contributed by atoms with E-state index in [0.717, 1.165) is 19.4 Å². The van der Waals surface area contributed by atoms with Gasteiger partial charge in [-0.25, -0.2) is 4.98 Å². The molecule has 0 spiro atoms. The SMILES string of the molecule is O=c1c2c(Cl)cccc2nc(Cl)n1C1CCCN1. The van der Waals surface area contributed by atoms with Gasteiger partial charge in [-0.2, -0.15) is 0 Å². The third kappa shape index (κ3) is 1.81. The van der Waals surface area contributed by atoms with Gasteiger partial charge in [-0.15, -0.1) is 0 Å². The molecule has 18 heavy (non-hydrogen) atoms. The van der Waals surface area contributed by atoms with Crippen LogP contribution in [-0.4, -0.2) is 16.1 Å². The summed E-state index contributed by atoms with van der Waals surface area (Å²) < 4.78 is 1.49. The molecule has 2 heterocycles. The van der Waals surface area contributed by atoms with Gasteiger partial charge in [0.1, 0.15) is 0 Å². The van der Waals surface area contributed by atoms with Crippen molar-refractivity contribution < 1.29 is 0 Å². The molecule has 1 aromatic carbocycles. The van der Waals surface area contributed by atoms with Gasteiger partial charge in [0, 0.05) is 0 Å². The van der Waals surface area contributed by atoms with Gasteiger partial charge in [-0.1, -0.05) is 17.7 Å². The Balaban J connectivity index is 2.32. The summed E-state index contributed by atoms with van der Waals surface area (Å²) in [5, 5.41) is 4.28. The molecular weight excluding hydrogens is 273 g/mol. The minimum absolute atomic E-state index is 0.0850. The average Bonchev–Trinajstić information content (AvgIpc) is 2.82. The Hall–Kier alpha value is -1.10. The summed E-state index contributed by atoms with van der Waals surface area (Å²) in [6, 6.07) is 5.18. The Kier molecular flexibility index (Phi) is 3.01. The Bertz CT molecular complexity index is 662. The fourth-order valence-corrected chi connectivity index (χ4v) is 2.87. The molecule has 6 heteroatoms. The first-order chi connectivity index (χ1) is 8.68. The van der Waals surface area contributed by atoms with Crippen molar-refractivity contribution in [2.45, 2.75) is 19.0 Å². The lowest BCUT2D eigenvalue weighted by Gasteiger charge is -2.16. The van der Waals surface area contributed by atoms with E-state index >= 15 is 0 Å². The highest BCUT2D eigenvalue weighted by molar-refractivity contribution is 6.35. The molecule has 1 unspecified atom stereocenters. The molecule has 1 aliphatic rings. The molecule has 4 nitrogen and oxygen atoms in total. The fourth-order valence-electron chi connectivity index (χ4n) is 2.33. The first-order valence-electron chi connectivity index (χ1n) is 5.78. The van der Waals surface area contributed by atoms with E-state index in [0.29, 0.717) is 15.9 Å². The predicted octanol–water partition coefficient (Wildman–Crippen LogP) is 2.59. The fraction of sp³-hybridized carbons (Fsp3) is 0.333. The van der Waals surface area contributed by atoms with Crippen molar-refractivity contribution in [2.24, 2.45) is 0 Å². The maximum atomic E-state index is 12.5. The van der Waals surface area contributed by atoms with Gasteiger partial charge in [0.2, 0.25) is 5.28 Å². The van der Waals surface area contributed by atoms with E-state index in [1.165, 1.54) is 4.57 Å². The summed E-state index contributed by atoms with van der Waals surface area (Å²) in [6.07, 6.45) is 1.81. The largest absolute Gasteiger partial charge is 0.297 e. The van der Waals surface area contributed by atoms with Crippen molar-refractivity contribution in [3.63, 3.8) is 0 Å². The molecule has 2 aromatic rings. The molecule has 0 saturated carbocycles. The van der Waals surface area contributed by atoms with E-state index in [-0.39, 0.29) is 17.0 Å². The van der Waals surface area contributed by atoms with Crippen LogP contribution in [0.3, 0.4) is 0 Å². The lowest BCUT2D eigenvalue weighted by Crippen LogP contribution is -2.31. The monoisotopic (exact) mass is 283 g/mol. The van der Waals surface area contributed by atoms with Crippen LogP contribution in [0, 0.1) is 0 Å². The highest BCUT2D eigenvalue weighted by Crippen LogP contribution is 2.23. The third-order valence-electron chi connectivity index (χ3n) is 3.18. The van der Waals surface area contributed by atoms with Gasteiger partial charge in [0.25, 0.3) is 5.56 Å². The topological polar surface area (TPSA) is 46.9 Å². The molecule has 3 rings (SSSR count). The first-order valence-corrected chi connectivity index (χ1v) is 6.54. The van der Waals surface area contributed by atoms with Crippen molar-refractivity contribution in [1.29, 1.82) is 0 Å². The molecule has 1 aromatic heterocycles. The highest BCUT2D eigenvalue weighted by atomic mass is 35.5. The highest BCUT2D eigenvalue weighted by Gasteiger charge is 2.22. The number of nitrogens with zero attached hydrogens (tertiary/aromatic N) is 2. The molecule has 1 N–H and O–H groups in total. The minimum Gasteiger partial charge on any atom is -0.297 e. The molecule has 1 atom stereocenters. The maximum Gasteiger partial charge on any atom is 0.265 e. The van der Waals surface area contributed by atoms with Gasteiger partial charge < -0.3 is 0 Å². The van der Waals surface area contributed by atoms with Crippen LogP contribution in [0.4, 0.5) is 0 Å². The molecule has 0 radical (unpaired) electrons. The third-order valence-corrected chi connectivity index (χ3v) is 3.76. The van der Waals surface area contributed by atoms with E-state index in [9.17, 15) is 4.79 Å². The van der Waals surface area contributed by atoms with Crippen molar-refractivity contribution in [2.75, 3.05) is 6.54 Å². The van der Waals surface area contributed by atoms with Gasteiger partial charge in [0.05, 0.1) is 22.1 Å². The van der Waals surface area contributed by atoms with E-state index < -0.39 is 0 Å². The van der Waals surface area contributed by atoms with E-state index in [1.54, 1.807) is 18.2 Å². The summed E-state index contributed by atoms with van der Waals surface area (Å²) in [5.41, 5.74) is 0.349. The van der Waals surface area contributed by atoms with Crippen LogP contribution < -0.4 is 10.9 Å². The van der Waals surface area contributed by atoms with Crippen molar-refractivity contribution >= 4 is 34.1 Å². The Labute approximate surface area is 114 Å². The second-order valence-electron chi connectivity index (χ2n) is 4.30. The molecule has 1 saturated heterocycles. The van der Waals surface area contributed by atoms with Gasteiger partial charge in [-0.3, -0.25) is 14.7 Å². The first kappa shape index (κ1) is 12.0. The number of hydrogen-bond donors (Lipinski definition) is 1. The standard InChI is InChI=1S/C12H11Cl2N3O/c13-7-3-1-4-8-10(7)11(18)17(12(14)16-8)9-5-2-6-15-9/h1,3-4,9,15H,2,5-6H2. The van der Waals surface area contributed by atoms with Gasteiger partial charge in [0.15, 0.2) is 0 Å². The summed E-state index contributed by atoms with van der Waals surface area (Å²) in [5.74, 6) is 0. The van der Waals surface area contributed by atoms with Crippen molar-refractivity contribution in [3.8, 4) is 0 Å². The van der Waals surface area contributed by atoms with Gasteiger partial charge in [-0.05, 0) is 43.1 Å². The summed E-state index contributed by atoms with van der Waals surface area (Å²) in [6.45, 7) is 0.883. The lowest BCUT2D eigenvalue weighted by molar-refractivity contribution is 0.453. The van der Waals surface area contributed by atoms with Crippen LogP contribution in [0.15, 0.2) is 23.0 Å². The Morgan fingerprint density at radius 3 is 2.94 bits per heavy atom. The van der Waals surface area contributed by atoms with Crippen molar-refractivity contribution in [1.82, 2.24) is 14.9 Å². The maximum absolute atomic E-state index is 12.5.